The zero-order valence-corrected chi connectivity index (χ0v) is 14.0. The lowest BCUT2D eigenvalue weighted by Crippen LogP contribution is -2.24. The molecule has 4 nitrogen and oxygen atoms in total. The minimum atomic E-state index is -0.0657. The van der Waals surface area contributed by atoms with Crippen molar-refractivity contribution in [2.45, 2.75) is 19.8 Å². The largest absolute Gasteiger partial charge is 0.352 e. The molecule has 0 fully saturated rings. The van der Waals surface area contributed by atoms with Crippen LogP contribution in [0.1, 0.15) is 30.1 Å². The topological polar surface area (TPSA) is 53.2 Å². The fourth-order valence-electron chi connectivity index (χ4n) is 2.03. The number of para-hydroxylation sites is 1. The molecule has 0 saturated carbocycles. The van der Waals surface area contributed by atoms with Crippen LogP contribution in [-0.2, 0) is 0 Å². The molecule has 0 aliphatic carbocycles. The molecule has 2 aromatic rings. The van der Waals surface area contributed by atoms with Crippen molar-refractivity contribution in [3.63, 3.8) is 0 Å². The average molecular weight is 327 g/mol. The van der Waals surface area contributed by atoms with Crippen molar-refractivity contribution in [1.82, 2.24) is 5.32 Å². The molecule has 120 valence electrons. The number of benzene rings is 2. The van der Waals surface area contributed by atoms with E-state index >= 15 is 0 Å². The summed E-state index contributed by atoms with van der Waals surface area (Å²) >= 11 is 5.29. The van der Waals surface area contributed by atoms with Gasteiger partial charge in [-0.15, -0.1) is 0 Å². The summed E-state index contributed by atoms with van der Waals surface area (Å²) < 4.78 is 0. The highest BCUT2D eigenvalue weighted by Crippen LogP contribution is 2.12. The molecule has 5 heteroatoms. The van der Waals surface area contributed by atoms with Crippen LogP contribution >= 0.6 is 12.2 Å². The van der Waals surface area contributed by atoms with E-state index in [1.807, 2.05) is 42.5 Å². The molecule has 0 bridgehead atoms. The summed E-state index contributed by atoms with van der Waals surface area (Å²) in [5.41, 5.74) is 2.31. The summed E-state index contributed by atoms with van der Waals surface area (Å²) in [5, 5.41) is 9.58. The molecule has 0 radical (unpaired) electrons. The molecular formula is C18H21N3OS. The van der Waals surface area contributed by atoms with Crippen LogP contribution in [0.5, 0.6) is 0 Å². The molecule has 2 aromatic carbocycles. The molecule has 0 unspecified atom stereocenters. The van der Waals surface area contributed by atoms with E-state index in [-0.39, 0.29) is 5.91 Å². The number of carbonyl (C=O) groups excluding carboxylic acids is 1. The molecule has 0 heterocycles. The minimum Gasteiger partial charge on any atom is -0.352 e. The Morgan fingerprint density at radius 2 is 1.70 bits per heavy atom. The van der Waals surface area contributed by atoms with Gasteiger partial charge in [0.25, 0.3) is 5.91 Å². The van der Waals surface area contributed by atoms with Gasteiger partial charge in [-0.3, -0.25) is 4.79 Å². The summed E-state index contributed by atoms with van der Waals surface area (Å²) in [6.07, 6.45) is 2.04. The van der Waals surface area contributed by atoms with Crippen LogP contribution in [0.4, 0.5) is 11.4 Å². The van der Waals surface area contributed by atoms with Crippen molar-refractivity contribution in [2.75, 3.05) is 17.2 Å². The van der Waals surface area contributed by atoms with Crippen LogP contribution in [0, 0.1) is 0 Å². The first-order chi connectivity index (χ1) is 11.2. The van der Waals surface area contributed by atoms with Gasteiger partial charge >= 0.3 is 0 Å². The first-order valence-corrected chi connectivity index (χ1v) is 8.11. The lowest BCUT2D eigenvalue weighted by Gasteiger charge is -2.11. The quantitative estimate of drug-likeness (QED) is 0.554. The van der Waals surface area contributed by atoms with Gasteiger partial charge in [0.1, 0.15) is 0 Å². The standard InChI is InChI=1S/C18H21N3OS/c1-2-3-12-19-17(22)14-8-7-11-16(13-14)21-18(23)20-15-9-5-4-6-10-15/h4-11,13H,2-3,12H2,1H3,(H,19,22)(H2,20,21,23). The number of anilines is 2. The van der Waals surface area contributed by atoms with E-state index in [1.54, 1.807) is 12.1 Å². The van der Waals surface area contributed by atoms with Crippen LogP contribution in [-0.4, -0.2) is 17.6 Å². The summed E-state index contributed by atoms with van der Waals surface area (Å²) in [5.74, 6) is -0.0657. The van der Waals surface area contributed by atoms with Gasteiger partial charge in [-0.05, 0) is 49.0 Å². The number of unbranched alkanes of at least 4 members (excludes halogenated alkanes) is 1. The Kier molecular flexibility index (Phi) is 6.56. The molecule has 0 aliphatic heterocycles. The zero-order valence-electron chi connectivity index (χ0n) is 13.1. The first-order valence-electron chi connectivity index (χ1n) is 7.70. The normalized spacial score (nSPS) is 9.96. The Balaban J connectivity index is 1.94. The fraction of sp³-hybridized carbons (Fsp3) is 0.222. The van der Waals surface area contributed by atoms with E-state index in [4.69, 9.17) is 12.2 Å². The third-order valence-corrected chi connectivity index (χ3v) is 3.43. The number of nitrogens with one attached hydrogen (secondary N) is 3. The van der Waals surface area contributed by atoms with Gasteiger partial charge in [0.2, 0.25) is 0 Å². The van der Waals surface area contributed by atoms with Crippen molar-refractivity contribution in [3.8, 4) is 0 Å². The summed E-state index contributed by atoms with van der Waals surface area (Å²) in [4.78, 5) is 12.1. The molecule has 0 aliphatic rings. The van der Waals surface area contributed by atoms with Gasteiger partial charge in [0.15, 0.2) is 5.11 Å². The van der Waals surface area contributed by atoms with Crippen molar-refractivity contribution in [3.05, 3.63) is 60.2 Å². The number of carbonyl (C=O) groups is 1. The highest BCUT2D eigenvalue weighted by molar-refractivity contribution is 7.80. The van der Waals surface area contributed by atoms with E-state index in [0.29, 0.717) is 17.2 Å². The maximum absolute atomic E-state index is 12.1. The van der Waals surface area contributed by atoms with Gasteiger partial charge in [0.05, 0.1) is 0 Å². The Morgan fingerprint density at radius 1 is 1.00 bits per heavy atom. The smallest absolute Gasteiger partial charge is 0.251 e. The summed E-state index contributed by atoms with van der Waals surface area (Å²) in [6.45, 7) is 2.79. The second kappa shape index (κ2) is 8.90. The molecule has 0 spiro atoms. The minimum absolute atomic E-state index is 0.0657. The van der Waals surface area contributed by atoms with Gasteiger partial charge in [-0.2, -0.15) is 0 Å². The highest BCUT2D eigenvalue weighted by Gasteiger charge is 2.06. The first kappa shape index (κ1) is 17.0. The molecular weight excluding hydrogens is 306 g/mol. The van der Waals surface area contributed by atoms with Gasteiger partial charge in [-0.25, -0.2) is 0 Å². The Bertz CT molecular complexity index is 658. The molecule has 0 atom stereocenters. The van der Waals surface area contributed by atoms with E-state index in [1.165, 1.54) is 0 Å². The fourth-order valence-corrected chi connectivity index (χ4v) is 2.27. The van der Waals surface area contributed by atoms with Crippen LogP contribution < -0.4 is 16.0 Å². The SMILES string of the molecule is CCCCNC(=O)c1cccc(NC(=S)Nc2ccccc2)c1. The summed E-state index contributed by atoms with van der Waals surface area (Å²) in [7, 11) is 0. The predicted molar refractivity (Wildman–Crippen MR) is 100.0 cm³/mol. The molecule has 2 rings (SSSR count). The van der Waals surface area contributed by atoms with Gasteiger partial charge in [0, 0.05) is 23.5 Å². The van der Waals surface area contributed by atoms with E-state index in [0.717, 1.165) is 24.2 Å². The lowest BCUT2D eigenvalue weighted by atomic mass is 10.2. The van der Waals surface area contributed by atoms with Crippen molar-refractivity contribution in [1.29, 1.82) is 0 Å². The third-order valence-electron chi connectivity index (χ3n) is 3.23. The number of amides is 1. The molecule has 23 heavy (non-hydrogen) atoms. The maximum Gasteiger partial charge on any atom is 0.251 e. The monoisotopic (exact) mass is 327 g/mol. The second-order valence-electron chi connectivity index (χ2n) is 5.14. The zero-order chi connectivity index (χ0) is 16.5. The Hall–Kier alpha value is -2.40. The maximum atomic E-state index is 12.1. The number of thiocarbonyl (C=S) groups is 1. The Labute approximate surface area is 142 Å². The van der Waals surface area contributed by atoms with E-state index in [2.05, 4.69) is 22.9 Å². The highest BCUT2D eigenvalue weighted by atomic mass is 32.1. The van der Waals surface area contributed by atoms with Crippen molar-refractivity contribution >= 4 is 34.6 Å². The molecule has 0 aromatic heterocycles. The van der Waals surface area contributed by atoms with Crippen molar-refractivity contribution in [2.24, 2.45) is 0 Å². The van der Waals surface area contributed by atoms with Crippen molar-refractivity contribution < 1.29 is 4.79 Å². The average Bonchev–Trinajstić information content (AvgIpc) is 2.56. The van der Waals surface area contributed by atoms with E-state index < -0.39 is 0 Å². The van der Waals surface area contributed by atoms with Crippen LogP contribution in [0.25, 0.3) is 0 Å². The second-order valence-corrected chi connectivity index (χ2v) is 5.54. The van der Waals surface area contributed by atoms with Gasteiger partial charge in [-0.1, -0.05) is 37.6 Å². The molecule has 0 saturated heterocycles. The Morgan fingerprint density at radius 3 is 2.43 bits per heavy atom. The predicted octanol–water partition coefficient (Wildman–Crippen LogP) is 4.03. The molecule has 3 N–H and O–H groups in total. The number of hydrogen-bond acceptors (Lipinski definition) is 2. The number of hydrogen-bond donors (Lipinski definition) is 3. The van der Waals surface area contributed by atoms with Crippen LogP contribution in [0.2, 0.25) is 0 Å². The van der Waals surface area contributed by atoms with Crippen LogP contribution in [0.15, 0.2) is 54.6 Å². The lowest BCUT2D eigenvalue weighted by molar-refractivity contribution is 0.0953. The van der Waals surface area contributed by atoms with E-state index in [9.17, 15) is 4.79 Å². The number of rotatable bonds is 6. The summed E-state index contributed by atoms with van der Waals surface area (Å²) in [6, 6.07) is 17.0. The van der Waals surface area contributed by atoms with Gasteiger partial charge < -0.3 is 16.0 Å². The molecule has 1 amide bonds. The van der Waals surface area contributed by atoms with Crippen LogP contribution in [0.3, 0.4) is 0 Å². The third kappa shape index (κ3) is 5.71.